The first-order chi connectivity index (χ1) is 8.62. The molecule has 19 heavy (non-hydrogen) atoms. The van der Waals surface area contributed by atoms with Crippen molar-refractivity contribution in [2.75, 3.05) is 6.61 Å². The number of esters is 1. The van der Waals surface area contributed by atoms with Crippen molar-refractivity contribution in [1.82, 2.24) is 0 Å². The first-order valence-electron chi connectivity index (χ1n) is 5.94. The van der Waals surface area contributed by atoms with Crippen LogP contribution in [0.5, 0.6) is 0 Å². The molecule has 0 spiro atoms. The number of primary sulfonamides is 1. The van der Waals surface area contributed by atoms with Gasteiger partial charge in [-0.2, -0.15) is 0 Å². The van der Waals surface area contributed by atoms with Crippen molar-refractivity contribution in [3.8, 4) is 0 Å². The monoisotopic (exact) mass is 285 g/mol. The second-order valence-electron chi connectivity index (χ2n) is 4.95. The van der Waals surface area contributed by atoms with E-state index in [4.69, 9.17) is 9.88 Å². The van der Waals surface area contributed by atoms with Gasteiger partial charge in [-0.1, -0.05) is 13.8 Å². The standard InChI is InChI=1S/C13H19NO4S/c1-8(2)7-18-13(15)12-6-11(19(14,16)17)5-9(3)10(12)4/h5-6,8H,7H2,1-4H3,(H2,14,16,17). The molecule has 0 aliphatic heterocycles. The first-order valence-corrected chi connectivity index (χ1v) is 7.48. The van der Waals surface area contributed by atoms with Gasteiger partial charge in [-0.25, -0.2) is 18.4 Å². The number of carbonyl (C=O) groups excluding carboxylic acids is 1. The topological polar surface area (TPSA) is 86.5 Å². The summed E-state index contributed by atoms with van der Waals surface area (Å²) in [5.41, 5.74) is 1.62. The molecule has 0 aromatic heterocycles. The Morgan fingerprint density at radius 1 is 1.32 bits per heavy atom. The van der Waals surface area contributed by atoms with E-state index in [-0.39, 0.29) is 23.0 Å². The highest BCUT2D eigenvalue weighted by Crippen LogP contribution is 2.20. The van der Waals surface area contributed by atoms with E-state index in [9.17, 15) is 13.2 Å². The Kier molecular flexibility index (Phi) is 4.70. The lowest BCUT2D eigenvalue weighted by molar-refractivity contribution is 0.0457. The van der Waals surface area contributed by atoms with Crippen molar-refractivity contribution < 1.29 is 17.9 Å². The van der Waals surface area contributed by atoms with Gasteiger partial charge in [0.2, 0.25) is 10.0 Å². The van der Waals surface area contributed by atoms with Crippen LogP contribution in [0.15, 0.2) is 17.0 Å². The Morgan fingerprint density at radius 2 is 1.89 bits per heavy atom. The quantitative estimate of drug-likeness (QED) is 0.854. The van der Waals surface area contributed by atoms with Gasteiger partial charge in [0, 0.05) is 0 Å². The van der Waals surface area contributed by atoms with Crippen LogP contribution in [0.1, 0.15) is 35.3 Å². The van der Waals surface area contributed by atoms with Gasteiger partial charge in [0.25, 0.3) is 0 Å². The fraction of sp³-hybridized carbons (Fsp3) is 0.462. The molecule has 106 valence electrons. The van der Waals surface area contributed by atoms with E-state index in [1.807, 2.05) is 13.8 Å². The van der Waals surface area contributed by atoms with Crippen LogP contribution in [0.3, 0.4) is 0 Å². The highest BCUT2D eigenvalue weighted by molar-refractivity contribution is 7.89. The number of hydrogen-bond donors (Lipinski definition) is 1. The predicted octanol–water partition coefficient (Wildman–Crippen LogP) is 1.76. The average Bonchev–Trinajstić information content (AvgIpc) is 2.27. The Balaban J connectivity index is 3.20. The minimum absolute atomic E-state index is 0.0768. The molecule has 0 saturated heterocycles. The van der Waals surface area contributed by atoms with Gasteiger partial charge in [0.15, 0.2) is 0 Å². The SMILES string of the molecule is Cc1cc(S(N)(=O)=O)cc(C(=O)OCC(C)C)c1C. The number of ether oxygens (including phenoxy) is 1. The maximum absolute atomic E-state index is 11.9. The van der Waals surface area contributed by atoms with Crippen LogP contribution in [0.25, 0.3) is 0 Å². The molecular weight excluding hydrogens is 266 g/mol. The summed E-state index contributed by atoms with van der Waals surface area (Å²) in [6.07, 6.45) is 0. The van der Waals surface area contributed by atoms with Gasteiger partial charge >= 0.3 is 5.97 Å². The molecule has 0 aliphatic carbocycles. The summed E-state index contributed by atoms with van der Waals surface area (Å²) < 4.78 is 27.8. The van der Waals surface area contributed by atoms with Gasteiger partial charge in [0.05, 0.1) is 17.1 Å². The van der Waals surface area contributed by atoms with Crippen LogP contribution in [0.2, 0.25) is 0 Å². The van der Waals surface area contributed by atoms with Crippen LogP contribution in [0.4, 0.5) is 0 Å². The summed E-state index contributed by atoms with van der Waals surface area (Å²) >= 11 is 0. The molecule has 2 N–H and O–H groups in total. The van der Waals surface area contributed by atoms with Crippen molar-refractivity contribution >= 4 is 16.0 Å². The zero-order chi connectivity index (χ0) is 14.8. The number of sulfonamides is 1. The Bertz CT molecular complexity index is 591. The van der Waals surface area contributed by atoms with Crippen LogP contribution < -0.4 is 5.14 Å². The van der Waals surface area contributed by atoms with Crippen LogP contribution in [-0.2, 0) is 14.8 Å². The fourth-order valence-electron chi connectivity index (χ4n) is 1.52. The normalized spacial score (nSPS) is 11.7. The van der Waals surface area contributed by atoms with E-state index in [1.165, 1.54) is 12.1 Å². The van der Waals surface area contributed by atoms with Crippen LogP contribution >= 0.6 is 0 Å². The number of nitrogens with two attached hydrogens (primary N) is 1. The second-order valence-corrected chi connectivity index (χ2v) is 6.51. The molecule has 0 saturated carbocycles. The smallest absolute Gasteiger partial charge is 0.338 e. The lowest BCUT2D eigenvalue weighted by Crippen LogP contribution is -2.16. The molecular formula is C13H19NO4S. The van der Waals surface area contributed by atoms with Crippen molar-refractivity contribution in [2.24, 2.45) is 11.1 Å². The van der Waals surface area contributed by atoms with Gasteiger partial charge in [-0.15, -0.1) is 0 Å². The van der Waals surface area contributed by atoms with E-state index in [0.29, 0.717) is 11.1 Å². The highest BCUT2D eigenvalue weighted by Gasteiger charge is 2.18. The number of hydrogen-bond acceptors (Lipinski definition) is 4. The second kappa shape index (κ2) is 5.71. The van der Waals surface area contributed by atoms with Crippen molar-refractivity contribution in [2.45, 2.75) is 32.6 Å². The van der Waals surface area contributed by atoms with Gasteiger partial charge in [0.1, 0.15) is 0 Å². The summed E-state index contributed by atoms with van der Waals surface area (Å²) in [5, 5.41) is 5.09. The van der Waals surface area contributed by atoms with Crippen LogP contribution in [0, 0.1) is 19.8 Å². The zero-order valence-corrected chi connectivity index (χ0v) is 12.4. The summed E-state index contributed by atoms with van der Waals surface area (Å²) in [5.74, 6) is -0.313. The maximum Gasteiger partial charge on any atom is 0.338 e. The minimum Gasteiger partial charge on any atom is -0.462 e. The molecule has 1 aromatic rings. The fourth-order valence-corrected chi connectivity index (χ4v) is 2.15. The first kappa shape index (κ1) is 15.7. The molecule has 6 heteroatoms. The average molecular weight is 285 g/mol. The van der Waals surface area contributed by atoms with Crippen molar-refractivity contribution in [1.29, 1.82) is 0 Å². The van der Waals surface area contributed by atoms with Gasteiger partial charge in [-0.05, 0) is 43.0 Å². The number of carbonyl (C=O) groups is 1. The highest BCUT2D eigenvalue weighted by atomic mass is 32.2. The Hall–Kier alpha value is -1.40. The molecule has 5 nitrogen and oxygen atoms in total. The third-order valence-corrected chi connectivity index (χ3v) is 3.63. The molecule has 0 amide bonds. The number of benzene rings is 1. The van der Waals surface area contributed by atoms with Gasteiger partial charge < -0.3 is 4.74 Å². The molecule has 1 rings (SSSR count). The minimum atomic E-state index is -3.84. The van der Waals surface area contributed by atoms with E-state index < -0.39 is 16.0 Å². The molecule has 0 aliphatic rings. The summed E-state index contributed by atoms with van der Waals surface area (Å²) in [6, 6.07) is 2.71. The Morgan fingerprint density at radius 3 is 2.37 bits per heavy atom. The van der Waals surface area contributed by atoms with Crippen LogP contribution in [-0.4, -0.2) is 21.0 Å². The summed E-state index contributed by atoms with van der Waals surface area (Å²) in [6.45, 7) is 7.60. The lowest BCUT2D eigenvalue weighted by Gasteiger charge is -2.12. The molecule has 0 bridgehead atoms. The van der Waals surface area contributed by atoms with E-state index in [0.717, 1.165) is 0 Å². The predicted molar refractivity (Wildman–Crippen MR) is 72.4 cm³/mol. The zero-order valence-electron chi connectivity index (χ0n) is 11.6. The number of aryl methyl sites for hydroxylation is 1. The largest absolute Gasteiger partial charge is 0.462 e. The molecule has 0 fully saturated rings. The summed E-state index contributed by atoms with van der Waals surface area (Å²) in [4.78, 5) is 11.9. The third kappa shape index (κ3) is 4.04. The maximum atomic E-state index is 11.9. The molecule has 0 unspecified atom stereocenters. The van der Waals surface area contributed by atoms with E-state index in [2.05, 4.69) is 0 Å². The molecule has 0 heterocycles. The summed E-state index contributed by atoms with van der Waals surface area (Å²) in [7, 11) is -3.84. The molecule has 0 atom stereocenters. The number of rotatable bonds is 4. The molecule has 1 aromatic carbocycles. The van der Waals surface area contributed by atoms with Crippen molar-refractivity contribution in [3.63, 3.8) is 0 Å². The van der Waals surface area contributed by atoms with E-state index >= 15 is 0 Å². The molecule has 0 radical (unpaired) electrons. The third-order valence-electron chi connectivity index (χ3n) is 2.74. The van der Waals surface area contributed by atoms with Gasteiger partial charge in [-0.3, -0.25) is 0 Å². The lowest BCUT2D eigenvalue weighted by atomic mass is 10.0. The van der Waals surface area contributed by atoms with E-state index in [1.54, 1.807) is 13.8 Å². The van der Waals surface area contributed by atoms with Crippen molar-refractivity contribution in [3.05, 3.63) is 28.8 Å². The Labute approximate surface area is 113 Å².